The SMILES string of the molecule is C[C@@H](C(=O)Nc1cccc(Cl)c1)N1CCN(S(=O)(=O)c2ccc(F)cc2)CC1. The van der Waals surface area contributed by atoms with Crippen LogP contribution in [0.1, 0.15) is 6.92 Å². The van der Waals surface area contributed by atoms with Crippen LogP contribution < -0.4 is 5.32 Å². The molecular weight excluding hydrogens is 405 g/mol. The summed E-state index contributed by atoms with van der Waals surface area (Å²) in [5.74, 6) is -0.666. The first kappa shape index (κ1) is 20.7. The molecule has 150 valence electrons. The van der Waals surface area contributed by atoms with Gasteiger partial charge in [0.15, 0.2) is 0 Å². The maximum absolute atomic E-state index is 13.1. The Labute approximate surface area is 168 Å². The van der Waals surface area contributed by atoms with Crippen LogP contribution >= 0.6 is 11.6 Å². The van der Waals surface area contributed by atoms with Crippen LogP contribution in [0.5, 0.6) is 0 Å². The first-order valence-corrected chi connectivity index (χ1v) is 10.7. The molecule has 3 rings (SSSR count). The highest BCUT2D eigenvalue weighted by atomic mass is 35.5. The number of anilines is 1. The number of hydrogen-bond acceptors (Lipinski definition) is 4. The Balaban J connectivity index is 1.59. The summed E-state index contributed by atoms with van der Waals surface area (Å²) in [6, 6.07) is 11.3. The molecule has 2 aromatic carbocycles. The summed E-state index contributed by atoms with van der Waals surface area (Å²) in [5.41, 5.74) is 0.613. The van der Waals surface area contributed by atoms with E-state index in [0.29, 0.717) is 23.8 Å². The molecule has 1 amide bonds. The van der Waals surface area contributed by atoms with Crippen LogP contribution in [0.4, 0.5) is 10.1 Å². The van der Waals surface area contributed by atoms with Crippen molar-refractivity contribution in [1.29, 1.82) is 0 Å². The van der Waals surface area contributed by atoms with Crippen molar-refractivity contribution in [3.05, 3.63) is 59.4 Å². The van der Waals surface area contributed by atoms with E-state index in [2.05, 4.69) is 5.32 Å². The molecule has 1 aliphatic rings. The summed E-state index contributed by atoms with van der Waals surface area (Å²) in [6.07, 6.45) is 0. The Morgan fingerprint density at radius 1 is 1.11 bits per heavy atom. The van der Waals surface area contributed by atoms with Crippen molar-refractivity contribution in [2.75, 3.05) is 31.5 Å². The van der Waals surface area contributed by atoms with Gasteiger partial charge >= 0.3 is 0 Å². The molecule has 2 aromatic rings. The summed E-state index contributed by atoms with van der Waals surface area (Å²) in [5, 5.41) is 3.35. The van der Waals surface area contributed by atoms with Crippen LogP contribution in [0.3, 0.4) is 0 Å². The molecule has 0 unspecified atom stereocenters. The number of carbonyl (C=O) groups is 1. The molecule has 28 heavy (non-hydrogen) atoms. The van der Waals surface area contributed by atoms with E-state index in [-0.39, 0.29) is 23.9 Å². The van der Waals surface area contributed by atoms with Crippen LogP contribution in [0.15, 0.2) is 53.4 Å². The van der Waals surface area contributed by atoms with E-state index in [1.165, 1.54) is 16.4 Å². The van der Waals surface area contributed by atoms with E-state index in [1.807, 2.05) is 4.90 Å². The predicted octanol–water partition coefficient (Wildman–Crippen LogP) is 2.81. The number of hydrogen-bond donors (Lipinski definition) is 1. The van der Waals surface area contributed by atoms with Gasteiger partial charge in [-0.3, -0.25) is 9.69 Å². The minimum Gasteiger partial charge on any atom is -0.325 e. The number of halogens is 2. The smallest absolute Gasteiger partial charge is 0.243 e. The lowest BCUT2D eigenvalue weighted by molar-refractivity contribution is -0.121. The molecule has 1 saturated heterocycles. The zero-order chi connectivity index (χ0) is 20.3. The van der Waals surface area contributed by atoms with Crippen LogP contribution in [0.2, 0.25) is 5.02 Å². The van der Waals surface area contributed by atoms with Crippen molar-refractivity contribution in [1.82, 2.24) is 9.21 Å². The standard InChI is InChI=1S/C19H21ClFN3O3S/c1-14(19(25)22-17-4-2-3-15(20)13-17)23-9-11-24(12-10-23)28(26,27)18-7-5-16(21)6-8-18/h2-8,13-14H,9-12H2,1H3,(H,22,25)/t14-/m0/s1. The number of carbonyl (C=O) groups excluding carboxylic acids is 1. The third-order valence-electron chi connectivity index (χ3n) is 4.74. The molecule has 1 heterocycles. The number of sulfonamides is 1. The van der Waals surface area contributed by atoms with E-state index in [0.717, 1.165) is 12.1 Å². The lowest BCUT2D eigenvalue weighted by atomic mass is 10.2. The molecule has 0 aliphatic carbocycles. The van der Waals surface area contributed by atoms with Crippen LogP contribution in [0, 0.1) is 5.82 Å². The largest absolute Gasteiger partial charge is 0.325 e. The number of benzene rings is 2. The van der Waals surface area contributed by atoms with Gasteiger partial charge in [0.25, 0.3) is 0 Å². The minimum atomic E-state index is -3.68. The van der Waals surface area contributed by atoms with Crippen molar-refractivity contribution < 1.29 is 17.6 Å². The number of nitrogens with zero attached hydrogens (tertiary/aromatic N) is 2. The molecule has 1 fully saturated rings. The van der Waals surface area contributed by atoms with Gasteiger partial charge in [-0.05, 0) is 49.4 Å². The molecule has 1 N–H and O–H groups in total. The van der Waals surface area contributed by atoms with E-state index in [1.54, 1.807) is 31.2 Å². The van der Waals surface area contributed by atoms with Gasteiger partial charge in [0.05, 0.1) is 10.9 Å². The minimum absolute atomic E-state index is 0.0640. The van der Waals surface area contributed by atoms with Crippen LogP contribution in [-0.4, -0.2) is 55.8 Å². The Morgan fingerprint density at radius 3 is 2.36 bits per heavy atom. The Hall–Kier alpha value is -2.00. The molecule has 6 nitrogen and oxygen atoms in total. The molecule has 0 spiro atoms. The second-order valence-corrected chi connectivity index (χ2v) is 8.94. The fourth-order valence-electron chi connectivity index (χ4n) is 3.07. The average Bonchev–Trinajstić information content (AvgIpc) is 2.68. The summed E-state index contributed by atoms with van der Waals surface area (Å²) >= 11 is 5.93. The van der Waals surface area contributed by atoms with Gasteiger partial charge in [0.2, 0.25) is 15.9 Å². The number of piperazine rings is 1. The second-order valence-electron chi connectivity index (χ2n) is 6.57. The van der Waals surface area contributed by atoms with Crippen molar-refractivity contribution in [3.8, 4) is 0 Å². The summed E-state index contributed by atoms with van der Waals surface area (Å²) < 4.78 is 39.8. The lowest BCUT2D eigenvalue weighted by Gasteiger charge is -2.36. The van der Waals surface area contributed by atoms with Crippen molar-refractivity contribution in [3.63, 3.8) is 0 Å². The van der Waals surface area contributed by atoms with Gasteiger partial charge in [0.1, 0.15) is 5.82 Å². The number of nitrogens with one attached hydrogen (secondary N) is 1. The second kappa shape index (κ2) is 8.57. The first-order valence-electron chi connectivity index (χ1n) is 8.83. The van der Waals surface area contributed by atoms with E-state index < -0.39 is 21.9 Å². The van der Waals surface area contributed by atoms with Gasteiger partial charge in [-0.25, -0.2) is 12.8 Å². The van der Waals surface area contributed by atoms with E-state index in [9.17, 15) is 17.6 Å². The number of amides is 1. The maximum Gasteiger partial charge on any atom is 0.243 e. The van der Waals surface area contributed by atoms with E-state index in [4.69, 9.17) is 11.6 Å². The highest BCUT2D eigenvalue weighted by Gasteiger charge is 2.31. The maximum atomic E-state index is 13.1. The monoisotopic (exact) mass is 425 g/mol. The van der Waals surface area contributed by atoms with Crippen LogP contribution in [0.25, 0.3) is 0 Å². The molecular formula is C19H21ClFN3O3S. The van der Waals surface area contributed by atoms with Gasteiger partial charge in [-0.2, -0.15) is 4.31 Å². The van der Waals surface area contributed by atoms with Gasteiger partial charge in [-0.1, -0.05) is 17.7 Å². The molecule has 0 aromatic heterocycles. The molecule has 0 radical (unpaired) electrons. The van der Waals surface area contributed by atoms with Crippen molar-refractivity contribution >= 4 is 33.2 Å². The third-order valence-corrected chi connectivity index (χ3v) is 6.89. The van der Waals surface area contributed by atoms with Crippen molar-refractivity contribution in [2.24, 2.45) is 0 Å². The summed E-state index contributed by atoms with van der Waals surface area (Å²) in [6.45, 7) is 3.14. The molecule has 0 bridgehead atoms. The lowest BCUT2D eigenvalue weighted by Crippen LogP contribution is -2.53. The first-order chi connectivity index (χ1) is 13.3. The van der Waals surface area contributed by atoms with Gasteiger partial charge in [0, 0.05) is 36.9 Å². The molecule has 0 saturated carbocycles. The zero-order valence-electron chi connectivity index (χ0n) is 15.3. The number of rotatable bonds is 5. The summed E-state index contributed by atoms with van der Waals surface area (Å²) in [4.78, 5) is 14.5. The summed E-state index contributed by atoms with van der Waals surface area (Å²) in [7, 11) is -3.68. The highest BCUT2D eigenvalue weighted by Crippen LogP contribution is 2.20. The fourth-order valence-corrected chi connectivity index (χ4v) is 4.68. The Morgan fingerprint density at radius 2 is 1.75 bits per heavy atom. The van der Waals surface area contributed by atoms with Gasteiger partial charge in [-0.15, -0.1) is 0 Å². The quantitative estimate of drug-likeness (QED) is 0.799. The van der Waals surface area contributed by atoms with Crippen molar-refractivity contribution in [2.45, 2.75) is 17.9 Å². The normalized spacial score (nSPS) is 17.2. The highest BCUT2D eigenvalue weighted by molar-refractivity contribution is 7.89. The van der Waals surface area contributed by atoms with Gasteiger partial charge < -0.3 is 5.32 Å². The zero-order valence-corrected chi connectivity index (χ0v) is 16.9. The molecule has 9 heteroatoms. The molecule has 1 aliphatic heterocycles. The Bertz CT molecular complexity index is 945. The molecule has 1 atom stereocenters. The third kappa shape index (κ3) is 4.70. The fraction of sp³-hybridized carbons (Fsp3) is 0.316. The Kier molecular flexibility index (Phi) is 6.34. The average molecular weight is 426 g/mol. The predicted molar refractivity (Wildman–Crippen MR) is 106 cm³/mol. The van der Waals surface area contributed by atoms with E-state index >= 15 is 0 Å². The topological polar surface area (TPSA) is 69.7 Å². The van der Waals surface area contributed by atoms with Crippen LogP contribution in [-0.2, 0) is 14.8 Å².